The van der Waals surface area contributed by atoms with Gasteiger partial charge in [-0.2, -0.15) is 11.8 Å². The van der Waals surface area contributed by atoms with Gasteiger partial charge in [0, 0.05) is 30.2 Å². The smallest absolute Gasteiger partial charge is 0.0315 e. The van der Waals surface area contributed by atoms with Gasteiger partial charge in [-0.25, -0.2) is 0 Å². The summed E-state index contributed by atoms with van der Waals surface area (Å²) in [5.41, 5.74) is 1.28. The molecule has 0 aliphatic carbocycles. The fourth-order valence-electron chi connectivity index (χ4n) is 1.75. The minimum atomic E-state index is 0.424. The lowest BCUT2D eigenvalue weighted by molar-refractivity contribution is 0.485. The molecule has 0 amide bonds. The second-order valence-electron chi connectivity index (χ2n) is 3.74. The third-order valence-corrected chi connectivity index (χ3v) is 3.76. The van der Waals surface area contributed by atoms with E-state index in [1.54, 1.807) is 0 Å². The van der Waals surface area contributed by atoms with Crippen molar-refractivity contribution in [3.8, 4) is 0 Å². The molecule has 0 radical (unpaired) electrons. The van der Waals surface area contributed by atoms with Crippen molar-refractivity contribution in [2.45, 2.75) is 25.4 Å². The molecule has 1 aromatic rings. The second kappa shape index (κ2) is 4.80. The molecule has 2 atom stereocenters. The number of hydrogen-bond acceptors (Lipinski definition) is 3. The van der Waals surface area contributed by atoms with E-state index in [-0.39, 0.29) is 0 Å². The Balaban J connectivity index is 1.92. The van der Waals surface area contributed by atoms with E-state index in [0.29, 0.717) is 12.1 Å². The van der Waals surface area contributed by atoms with E-state index < -0.39 is 0 Å². The van der Waals surface area contributed by atoms with Gasteiger partial charge in [-0.15, -0.1) is 0 Å². The molecular formula is C11H16N2S. The van der Waals surface area contributed by atoms with Crippen LogP contribution in [-0.4, -0.2) is 22.5 Å². The molecule has 14 heavy (non-hydrogen) atoms. The molecule has 2 heterocycles. The van der Waals surface area contributed by atoms with Crippen LogP contribution in [0.15, 0.2) is 24.5 Å². The SMILES string of the molecule is C[C@H](N[C@H]1CCSC1)c1cccnc1. The average molecular weight is 208 g/mol. The zero-order valence-electron chi connectivity index (χ0n) is 8.44. The summed E-state index contributed by atoms with van der Waals surface area (Å²) in [5.74, 6) is 2.56. The van der Waals surface area contributed by atoms with Gasteiger partial charge in [-0.1, -0.05) is 6.07 Å². The Hall–Kier alpha value is -0.540. The van der Waals surface area contributed by atoms with Gasteiger partial charge in [0.25, 0.3) is 0 Å². The molecule has 0 unspecified atom stereocenters. The van der Waals surface area contributed by atoms with Crippen molar-refractivity contribution in [2.24, 2.45) is 0 Å². The summed E-state index contributed by atoms with van der Waals surface area (Å²) >= 11 is 2.04. The minimum Gasteiger partial charge on any atom is -0.307 e. The standard InChI is InChI=1S/C11H16N2S/c1-9(10-3-2-5-12-7-10)13-11-4-6-14-8-11/h2-3,5,7,9,11,13H,4,6,8H2,1H3/t9-,11-/m0/s1. The first-order valence-corrected chi connectivity index (χ1v) is 6.25. The molecule has 2 rings (SSSR count). The van der Waals surface area contributed by atoms with Gasteiger partial charge in [-0.05, 0) is 30.7 Å². The number of hydrogen-bond donors (Lipinski definition) is 1. The van der Waals surface area contributed by atoms with Gasteiger partial charge in [0.15, 0.2) is 0 Å². The van der Waals surface area contributed by atoms with Gasteiger partial charge in [0.2, 0.25) is 0 Å². The van der Waals surface area contributed by atoms with Crippen LogP contribution < -0.4 is 5.32 Å². The minimum absolute atomic E-state index is 0.424. The molecule has 0 aromatic carbocycles. The lowest BCUT2D eigenvalue weighted by Crippen LogP contribution is -2.31. The molecule has 1 aliphatic rings. The maximum atomic E-state index is 4.14. The highest BCUT2D eigenvalue weighted by Crippen LogP contribution is 2.20. The first kappa shape index (κ1) is 9.99. The van der Waals surface area contributed by atoms with E-state index in [1.807, 2.05) is 30.2 Å². The molecule has 0 spiro atoms. The van der Waals surface area contributed by atoms with Crippen molar-refractivity contribution in [1.29, 1.82) is 0 Å². The van der Waals surface area contributed by atoms with Crippen molar-refractivity contribution in [2.75, 3.05) is 11.5 Å². The maximum Gasteiger partial charge on any atom is 0.0315 e. The van der Waals surface area contributed by atoms with Gasteiger partial charge in [-0.3, -0.25) is 4.98 Å². The molecular weight excluding hydrogens is 192 g/mol. The lowest BCUT2D eigenvalue weighted by Gasteiger charge is -2.18. The van der Waals surface area contributed by atoms with Crippen LogP contribution in [0.3, 0.4) is 0 Å². The Morgan fingerprint density at radius 3 is 3.21 bits per heavy atom. The molecule has 1 N–H and O–H groups in total. The predicted molar refractivity (Wildman–Crippen MR) is 61.5 cm³/mol. The van der Waals surface area contributed by atoms with Crippen LogP contribution in [0.5, 0.6) is 0 Å². The van der Waals surface area contributed by atoms with E-state index in [4.69, 9.17) is 0 Å². The lowest BCUT2D eigenvalue weighted by atomic mass is 10.1. The summed E-state index contributed by atoms with van der Waals surface area (Å²) in [6.07, 6.45) is 5.07. The maximum absolute atomic E-state index is 4.14. The van der Waals surface area contributed by atoms with Gasteiger partial charge >= 0.3 is 0 Å². The molecule has 1 saturated heterocycles. The van der Waals surface area contributed by atoms with E-state index >= 15 is 0 Å². The van der Waals surface area contributed by atoms with Gasteiger partial charge in [0.05, 0.1) is 0 Å². The molecule has 0 bridgehead atoms. The summed E-state index contributed by atoms with van der Waals surface area (Å²) in [6, 6.07) is 5.24. The number of thioether (sulfide) groups is 1. The Morgan fingerprint density at radius 2 is 2.57 bits per heavy atom. The fourth-order valence-corrected chi connectivity index (χ4v) is 2.91. The second-order valence-corrected chi connectivity index (χ2v) is 4.89. The van der Waals surface area contributed by atoms with E-state index in [9.17, 15) is 0 Å². The van der Waals surface area contributed by atoms with Crippen LogP contribution in [0.1, 0.15) is 24.9 Å². The molecule has 3 heteroatoms. The highest BCUT2D eigenvalue weighted by molar-refractivity contribution is 7.99. The third kappa shape index (κ3) is 2.49. The number of aromatic nitrogens is 1. The average Bonchev–Trinajstić information content (AvgIpc) is 2.72. The number of nitrogens with one attached hydrogen (secondary N) is 1. The molecule has 2 nitrogen and oxygen atoms in total. The van der Waals surface area contributed by atoms with Crippen molar-refractivity contribution >= 4 is 11.8 Å². The van der Waals surface area contributed by atoms with E-state index in [0.717, 1.165) is 0 Å². The fraction of sp³-hybridized carbons (Fsp3) is 0.545. The first-order valence-electron chi connectivity index (χ1n) is 5.10. The topological polar surface area (TPSA) is 24.9 Å². The monoisotopic (exact) mass is 208 g/mol. The number of nitrogens with zero attached hydrogens (tertiary/aromatic N) is 1. The summed E-state index contributed by atoms with van der Waals surface area (Å²) < 4.78 is 0. The van der Waals surface area contributed by atoms with Crippen LogP contribution in [-0.2, 0) is 0 Å². The van der Waals surface area contributed by atoms with Crippen LogP contribution >= 0.6 is 11.8 Å². The Morgan fingerprint density at radius 1 is 1.64 bits per heavy atom. The quantitative estimate of drug-likeness (QED) is 0.824. The summed E-state index contributed by atoms with van der Waals surface area (Å²) in [7, 11) is 0. The van der Waals surface area contributed by atoms with E-state index in [1.165, 1.54) is 23.5 Å². The summed E-state index contributed by atoms with van der Waals surface area (Å²) in [4.78, 5) is 4.14. The van der Waals surface area contributed by atoms with Crippen molar-refractivity contribution in [3.05, 3.63) is 30.1 Å². The summed E-state index contributed by atoms with van der Waals surface area (Å²) in [6.45, 7) is 2.21. The Kier molecular flexibility index (Phi) is 3.43. The van der Waals surface area contributed by atoms with Gasteiger partial charge in [0.1, 0.15) is 0 Å². The van der Waals surface area contributed by atoms with Crippen LogP contribution in [0, 0.1) is 0 Å². The molecule has 76 valence electrons. The van der Waals surface area contributed by atoms with E-state index in [2.05, 4.69) is 23.3 Å². The highest BCUT2D eigenvalue weighted by Gasteiger charge is 2.17. The van der Waals surface area contributed by atoms with Crippen LogP contribution in [0.4, 0.5) is 0 Å². The van der Waals surface area contributed by atoms with Crippen LogP contribution in [0.2, 0.25) is 0 Å². The largest absolute Gasteiger partial charge is 0.307 e. The summed E-state index contributed by atoms with van der Waals surface area (Å²) in [5, 5.41) is 3.63. The Bertz CT molecular complexity index is 270. The predicted octanol–water partition coefficient (Wildman–Crippen LogP) is 2.24. The molecule has 0 saturated carbocycles. The highest BCUT2D eigenvalue weighted by atomic mass is 32.2. The van der Waals surface area contributed by atoms with Gasteiger partial charge < -0.3 is 5.32 Å². The van der Waals surface area contributed by atoms with Crippen molar-refractivity contribution < 1.29 is 0 Å². The molecule has 1 aliphatic heterocycles. The number of rotatable bonds is 3. The zero-order valence-corrected chi connectivity index (χ0v) is 9.26. The normalized spacial score (nSPS) is 23.6. The number of pyridine rings is 1. The first-order chi connectivity index (χ1) is 6.86. The van der Waals surface area contributed by atoms with Crippen molar-refractivity contribution in [3.63, 3.8) is 0 Å². The molecule has 1 fully saturated rings. The molecule has 1 aromatic heterocycles. The zero-order chi connectivity index (χ0) is 9.80. The Labute approximate surface area is 89.5 Å². The third-order valence-electron chi connectivity index (χ3n) is 2.60. The van der Waals surface area contributed by atoms with Crippen molar-refractivity contribution in [1.82, 2.24) is 10.3 Å². The van der Waals surface area contributed by atoms with Crippen LogP contribution in [0.25, 0.3) is 0 Å².